The molecule has 0 spiro atoms. The van der Waals surface area contributed by atoms with E-state index in [-0.39, 0.29) is 6.10 Å². The highest BCUT2D eigenvalue weighted by Gasteiger charge is 2.09. The minimum Gasteiger partial charge on any atom is -0.389 e. The molecule has 0 amide bonds. The minimum absolute atomic E-state index is 0.166. The van der Waals surface area contributed by atoms with Crippen LogP contribution in [0.15, 0.2) is 24.3 Å². The van der Waals surface area contributed by atoms with Crippen LogP contribution in [0.5, 0.6) is 0 Å². The molecule has 0 aliphatic carbocycles. The summed E-state index contributed by atoms with van der Waals surface area (Å²) < 4.78 is 5.61. The van der Waals surface area contributed by atoms with Crippen LogP contribution in [0.2, 0.25) is 0 Å². The summed E-state index contributed by atoms with van der Waals surface area (Å²) >= 11 is 0. The fraction of sp³-hybridized carbons (Fsp3) is 0.562. The van der Waals surface area contributed by atoms with Gasteiger partial charge in [-0.15, -0.1) is 0 Å². The minimum atomic E-state index is -0.541. The molecule has 1 aromatic rings. The molecule has 20 heavy (non-hydrogen) atoms. The van der Waals surface area contributed by atoms with Gasteiger partial charge in [-0.2, -0.15) is 5.26 Å². The van der Waals surface area contributed by atoms with E-state index in [9.17, 15) is 5.11 Å². The second-order valence-electron chi connectivity index (χ2n) is 5.50. The van der Waals surface area contributed by atoms with Crippen LogP contribution in [0, 0.1) is 17.2 Å². The van der Waals surface area contributed by atoms with Gasteiger partial charge in [-0.05, 0) is 43.5 Å². The molecule has 0 bridgehead atoms. The average Bonchev–Trinajstić information content (AvgIpc) is 2.42. The second kappa shape index (κ2) is 8.57. The van der Waals surface area contributed by atoms with Crippen LogP contribution < -0.4 is 5.32 Å². The zero-order valence-corrected chi connectivity index (χ0v) is 12.5. The number of aliphatic hydroxyl groups is 1. The van der Waals surface area contributed by atoms with Gasteiger partial charge in [0.2, 0.25) is 0 Å². The van der Waals surface area contributed by atoms with E-state index < -0.39 is 6.10 Å². The van der Waals surface area contributed by atoms with E-state index in [2.05, 4.69) is 25.2 Å². The van der Waals surface area contributed by atoms with E-state index in [1.807, 2.05) is 19.1 Å². The Kier molecular flexibility index (Phi) is 7.06. The van der Waals surface area contributed by atoms with E-state index in [4.69, 9.17) is 10.00 Å². The first-order chi connectivity index (χ1) is 9.51. The maximum atomic E-state index is 9.85. The molecule has 4 nitrogen and oxygen atoms in total. The molecule has 110 valence electrons. The Morgan fingerprint density at radius 1 is 1.25 bits per heavy atom. The highest BCUT2D eigenvalue weighted by Crippen LogP contribution is 2.10. The van der Waals surface area contributed by atoms with Crippen LogP contribution >= 0.6 is 0 Å². The molecule has 2 N–H and O–H groups in total. The number of aliphatic hydroxyl groups excluding tert-OH is 1. The zero-order chi connectivity index (χ0) is 15.0. The maximum absolute atomic E-state index is 9.85. The molecule has 0 radical (unpaired) electrons. The molecule has 0 saturated heterocycles. The standard InChI is InChI=1S/C16H24N2O2/c1-12(2)8-13(3)20-11-16(19)10-18-15-6-4-14(9-17)5-7-15/h4-7,12-13,16,18-19H,8,10-11H2,1-3H3. The van der Waals surface area contributed by atoms with Gasteiger partial charge in [0.15, 0.2) is 0 Å². The lowest BCUT2D eigenvalue weighted by molar-refractivity contribution is -0.00443. The molecule has 0 fully saturated rings. The summed E-state index contributed by atoms with van der Waals surface area (Å²) in [6.45, 7) is 7.10. The summed E-state index contributed by atoms with van der Waals surface area (Å²) in [6, 6.07) is 9.22. The molecule has 0 saturated carbocycles. The maximum Gasteiger partial charge on any atom is 0.0991 e. The van der Waals surface area contributed by atoms with Crippen molar-refractivity contribution in [2.45, 2.75) is 39.4 Å². The van der Waals surface area contributed by atoms with E-state index in [0.717, 1.165) is 12.1 Å². The lowest BCUT2D eigenvalue weighted by Crippen LogP contribution is -2.27. The van der Waals surface area contributed by atoms with Crippen molar-refractivity contribution < 1.29 is 9.84 Å². The molecule has 2 unspecified atom stereocenters. The van der Waals surface area contributed by atoms with Crippen molar-refractivity contribution in [3.05, 3.63) is 29.8 Å². The van der Waals surface area contributed by atoms with Crippen LogP contribution in [0.3, 0.4) is 0 Å². The highest BCUT2D eigenvalue weighted by molar-refractivity contribution is 5.47. The fourth-order valence-electron chi connectivity index (χ4n) is 1.96. The van der Waals surface area contributed by atoms with Gasteiger partial charge < -0.3 is 15.2 Å². The number of hydrogen-bond acceptors (Lipinski definition) is 4. The molecule has 0 heterocycles. The molecule has 4 heteroatoms. The van der Waals surface area contributed by atoms with Gasteiger partial charge in [-0.3, -0.25) is 0 Å². The van der Waals surface area contributed by atoms with Crippen LogP contribution in [0.1, 0.15) is 32.8 Å². The van der Waals surface area contributed by atoms with Crippen molar-refractivity contribution in [1.82, 2.24) is 0 Å². The normalized spacial score (nSPS) is 13.8. The average molecular weight is 276 g/mol. The predicted molar refractivity (Wildman–Crippen MR) is 80.5 cm³/mol. The Balaban J connectivity index is 2.25. The Hall–Kier alpha value is -1.57. The topological polar surface area (TPSA) is 65.3 Å². The Labute approximate surface area is 121 Å². The fourth-order valence-corrected chi connectivity index (χ4v) is 1.96. The number of nitrogens with one attached hydrogen (secondary N) is 1. The number of ether oxygens (including phenoxy) is 1. The molecular formula is C16H24N2O2. The molecular weight excluding hydrogens is 252 g/mol. The molecule has 2 atom stereocenters. The number of nitriles is 1. The summed E-state index contributed by atoms with van der Waals surface area (Å²) in [5.41, 5.74) is 1.51. The Morgan fingerprint density at radius 3 is 2.45 bits per heavy atom. The number of hydrogen-bond donors (Lipinski definition) is 2. The van der Waals surface area contributed by atoms with E-state index >= 15 is 0 Å². The van der Waals surface area contributed by atoms with Crippen molar-refractivity contribution >= 4 is 5.69 Å². The lowest BCUT2D eigenvalue weighted by atomic mass is 10.1. The number of anilines is 1. The van der Waals surface area contributed by atoms with Gasteiger partial charge in [-0.1, -0.05) is 13.8 Å². The van der Waals surface area contributed by atoms with Gasteiger partial charge in [-0.25, -0.2) is 0 Å². The third-order valence-corrected chi connectivity index (χ3v) is 2.93. The number of rotatable bonds is 8. The number of benzene rings is 1. The molecule has 0 aliphatic heterocycles. The van der Waals surface area contributed by atoms with Gasteiger partial charge >= 0.3 is 0 Å². The Bertz CT molecular complexity index is 423. The monoisotopic (exact) mass is 276 g/mol. The van der Waals surface area contributed by atoms with Gasteiger partial charge in [0.1, 0.15) is 0 Å². The van der Waals surface area contributed by atoms with Crippen molar-refractivity contribution in [1.29, 1.82) is 5.26 Å². The first kappa shape index (κ1) is 16.5. The van der Waals surface area contributed by atoms with Crippen molar-refractivity contribution in [2.75, 3.05) is 18.5 Å². The molecule has 1 rings (SSSR count). The molecule has 0 aliphatic rings. The van der Waals surface area contributed by atoms with Gasteiger partial charge in [0.25, 0.3) is 0 Å². The highest BCUT2D eigenvalue weighted by atomic mass is 16.5. The van der Waals surface area contributed by atoms with Crippen LogP contribution in [-0.4, -0.2) is 30.5 Å². The first-order valence-corrected chi connectivity index (χ1v) is 7.05. The van der Waals surface area contributed by atoms with Crippen LogP contribution in [0.25, 0.3) is 0 Å². The van der Waals surface area contributed by atoms with E-state index in [1.54, 1.807) is 12.1 Å². The van der Waals surface area contributed by atoms with Crippen LogP contribution in [-0.2, 0) is 4.74 Å². The smallest absolute Gasteiger partial charge is 0.0991 e. The summed E-state index contributed by atoms with van der Waals surface area (Å²) in [4.78, 5) is 0. The third kappa shape index (κ3) is 6.55. The van der Waals surface area contributed by atoms with E-state index in [0.29, 0.717) is 24.6 Å². The van der Waals surface area contributed by atoms with Crippen molar-refractivity contribution in [3.63, 3.8) is 0 Å². The lowest BCUT2D eigenvalue weighted by Gasteiger charge is -2.18. The summed E-state index contributed by atoms with van der Waals surface area (Å²) in [5.74, 6) is 0.596. The van der Waals surface area contributed by atoms with E-state index in [1.165, 1.54) is 0 Å². The zero-order valence-electron chi connectivity index (χ0n) is 12.5. The van der Waals surface area contributed by atoms with Crippen molar-refractivity contribution in [3.8, 4) is 6.07 Å². The number of nitrogens with zero attached hydrogens (tertiary/aromatic N) is 1. The quantitative estimate of drug-likeness (QED) is 0.766. The third-order valence-electron chi connectivity index (χ3n) is 2.93. The molecule has 0 aromatic heterocycles. The second-order valence-corrected chi connectivity index (χ2v) is 5.50. The van der Waals surface area contributed by atoms with Crippen LogP contribution in [0.4, 0.5) is 5.69 Å². The summed E-state index contributed by atoms with van der Waals surface area (Å²) in [5, 5.41) is 21.7. The largest absolute Gasteiger partial charge is 0.389 e. The summed E-state index contributed by atoms with van der Waals surface area (Å²) in [6.07, 6.45) is 0.621. The SMILES string of the molecule is CC(C)CC(C)OCC(O)CNc1ccc(C#N)cc1. The Morgan fingerprint density at radius 2 is 1.90 bits per heavy atom. The van der Waals surface area contributed by atoms with Gasteiger partial charge in [0.05, 0.1) is 30.4 Å². The predicted octanol–water partition coefficient (Wildman–Crippen LogP) is 2.78. The molecule has 1 aromatic carbocycles. The first-order valence-electron chi connectivity index (χ1n) is 7.05. The van der Waals surface area contributed by atoms with Crippen molar-refractivity contribution in [2.24, 2.45) is 5.92 Å². The summed E-state index contributed by atoms with van der Waals surface area (Å²) in [7, 11) is 0. The van der Waals surface area contributed by atoms with Gasteiger partial charge in [0, 0.05) is 12.2 Å².